The van der Waals surface area contributed by atoms with E-state index in [0.29, 0.717) is 25.1 Å². The summed E-state index contributed by atoms with van der Waals surface area (Å²) < 4.78 is 29.8. The van der Waals surface area contributed by atoms with E-state index in [1.165, 1.54) is 6.26 Å². The lowest BCUT2D eigenvalue weighted by Crippen LogP contribution is -2.00. The van der Waals surface area contributed by atoms with Gasteiger partial charge in [-0.2, -0.15) is 0 Å². The van der Waals surface area contributed by atoms with Crippen LogP contribution in [-0.2, 0) is 25.0 Å². The van der Waals surface area contributed by atoms with Gasteiger partial charge >= 0.3 is 7.60 Å². The molecular weight excluding hydrogens is 323 g/mol. The maximum atomic E-state index is 13.2. The van der Waals surface area contributed by atoms with Crippen molar-refractivity contribution in [3.63, 3.8) is 0 Å². The van der Waals surface area contributed by atoms with Gasteiger partial charge in [0.1, 0.15) is 11.9 Å². The van der Waals surface area contributed by atoms with Crippen LogP contribution in [0.5, 0.6) is 0 Å². The summed E-state index contributed by atoms with van der Waals surface area (Å²) in [5, 5.41) is 0.433. The molecule has 2 aromatic carbocycles. The molecular formula is C19H23O4P. The third kappa shape index (κ3) is 5.07. The molecule has 0 heterocycles. The predicted molar refractivity (Wildman–Crippen MR) is 96.5 cm³/mol. The quantitative estimate of drug-likeness (QED) is 0.446. The Kier molecular flexibility index (Phi) is 7.26. The molecule has 128 valence electrons. The fourth-order valence-electron chi connectivity index (χ4n) is 2.21. The number of benzene rings is 2. The third-order valence-electron chi connectivity index (χ3n) is 3.25. The van der Waals surface area contributed by atoms with Crippen LogP contribution >= 0.6 is 7.60 Å². The van der Waals surface area contributed by atoms with Crippen molar-refractivity contribution in [1.82, 2.24) is 0 Å². The van der Waals surface area contributed by atoms with E-state index in [9.17, 15) is 4.57 Å². The second-order valence-electron chi connectivity index (χ2n) is 5.00. The van der Waals surface area contributed by atoms with Crippen LogP contribution in [0.2, 0.25) is 0 Å². The van der Waals surface area contributed by atoms with Crippen LogP contribution in [0, 0.1) is 0 Å². The summed E-state index contributed by atoms with van der Waals surface area (Å²) in [6, 6.07) is 19.2. The van der Waals surface area contributed by atoms with Gasteiger partial charge in [0.25, 0.3) is 0 Å². The highest BCUT2D eigenvalue weighted by Gasteiger charge is 2.31. The lowest BCUT2D eigenvalue weighted by Gasteiger charge is -2.20. The smallest absolute Gasteiger partial charge is 0.365 e. The first-order valence-corrected chi connectivity index (χ1v) is 9.54. The molecule has 5 heteroatoms. The van der Waals surface area contributed by atoms with Crippen LogP contribution in [-0.4, -0.2) is 13.2 Å². The van der Waals surface area contributed by atoms with Gasteiger partial charge in [-0.05, 0) is 25.0 Å². The molecule has 0 unspecified atom stereocenters. The van der Waals surface area contributed by atoms with Crippen LogP contribution in [0.25, 0.3) is 5.31 Å². The second kappa shape index (κ2) is 9.43. The zero-order chi connectivity index (χ0) is 17.3. The Morgan fingerprint density at radius 1 is 0.917 bits per heavy atom. The molecule has 0 atom stereocenters. The minimum absolute atomic E-state index is 0.292. The third-order valence-corrected chi connectivity index (χ3v) is 5.40. The van der Waals surface area contributed by atoms with Crippen molar-refractivity contribution in [2.24, 2.45) is 0 Å². The standard InChI is InChI=1S/C19H23O4P/c1-3-22-24(20,23-4-2)19(18-13-9-6-10-14-18)16-21-15-17-11-7-5-8-12-17/h5-14,16H,3-4,15H2,1-2H3/b19-16-. The highest BCUT2D eigenvalue weighted by molar-refractivity contribution is 7.65. The molecule has 0 aliphatic rings. The first-order chi connectivity index (χ1) is 11.7. The molecule has 0 bridgehead atoms. The maximum Gasteiger partial charge on any atom is 0.365 e. The Labute approximate surface area is 143 Å². The molecule has 2 rings (SSSR count). The Balaban J connectivity index is 2.28. The fourth-order valence-corrected chi connectivity index (χ4v) is 3.91. The predicted octanol–water partition coefficient (Wildman–Crippen LogP) is 5.47. The Morgan fingerprint density at radius 2 is 1.46 bits per heavy atom. The fraction of sp³-hybridized carbons (Fsp3) is 0.263. The van der Waals surface area contributed by atoms with E-state index in [1.807, 2.05) is 60.7 Å². The van der Waals surface area contributed by atoms with Crippen molar-refractivity contribution < 1.29 is 18.3 Å². The van der Waals surface area contributed by atoms with E-state index in [4.69, 9.17) is 13.8 Å². The SMILES string of the molecule is CCOP(=O)(OCC)/C(=C\OCc1ccccc1)c1ccccc1. The Hall–Kier alpha value is -1.87. The average Bonchev–Trinajstić information content (AvgIpc) is 2.61. The molecule has 0 fully saturated rings. The van der Waals surface area contributed by atoms with Gasteiger partial charge in [0.2, 0.25) is 0 Å². The molecule has 24 heavy (non-hydrogen) atoms. The minimum Gasteiger partial charge on any atom is -0.496 e. The molecule has 0 spiro atoms. The summed E-state index contributed by atoms with van der Waals surface area (Å²) in [4.78, 5) is 0. The number of rotatable bonds is 9. The molecule has 0 aromatic heterocycles. The molecule has 0 saturated carbocycles. The summed E-state index contributed by atoms with van der Waals surface area (Å²) in [5.74, 6) is 0. The van der Waals surface area contributed by atoms with Crippen molar-refractivity contribution in [2.45, 2.75) is 20.5 Å². The van der Waals surface area contributed by atoms with E-state index in [2.05, 4.69) is 0 Å². The van der Waals surface area contributed by atoms with Gasteiger partial charge in [0, 0.05) is 0 Å². The Morgan fingerprint density at radius 3 is 2.00 bits per heavy atom. The normalized spacial score (nSPS) is 12.2. The summed E-state index contributed by atoms with van der Waals surface area (Å²) in [6.07, 6.45) is 1.49. The average molecular weight is 346 g/mol. The zero-order valence-electron chi connectivity index (χ0n) is 14.1. The highest BCUT2D eigenvalue weighted by atomic mass is 31.2. The number of hydrogen-bond acceptors (Lipinski definition) is 4. The van der Waals surface area contributed by atoms with E-state index >= 15 is 0 Å². The number of hydrogen-bond donors (Lipinski definition) is 0. The van der Waals surface area contributed by atoms with E-state index < -0.39 is 7.60 Å². The monoisotopic (exact) mass is 346 g/mol. The zero-order valence-corrected chi connectivity index (χ0v) is 14.9. The topological polar surface area (TPSA) is 44.8 Å². The van der Waals surface area contributed by atoms with Gasteiger partial charge in [0.05, 0.1) is 19.5 Å². The van der Waals surface area contributed by atoms with Gasteiger partial charge in [-0.15, -0.1) is 0 Å². The van der Waals surface area contributed by atoms with Crippen molar-refractivity contribution in [3.05, 3.63) is 78.1 Å². The van der Waals surface area contributed by atoms with Gasteiger partial charge in [0.15, 0.2) is 0 Å². The largest absolute Gasteiger partial charge is 0.496 e. The summed E-state index contributed by atoms with van der Waals surface area (Å²) in [6.45, 7) is 4.55. The minimum atomic E-state index is -3.44. The summed E-state index contributed by atoms with van der Waals surface area (Å²) in [5.41, 5.74) is 1.79. The molecule has 0 aliphatic carbocycles. The van der Waals surface area contributed by atoms with Crippen molar-refractivity contribution in [3.8, 4) is 0 Å². The molecule has 4 nitrogen and oxygen atoms in total. The van der Waals surface area contributed by atoms with Crippen molar-refractivity contribution in [1.29, 1.82) is 0 Å². The lowest BCUT2D eigenvalue weighted by molar-refractivity contribution is 0.223. The van der Waals surface area contributed by atoms with Crippen molar-refractivity contribution >= 4 is 12.9 Å². The van der Waals surface area contributed by atoms with Crippen molar-refractivity contribution in [2.75, 3.05) is 13.2 Å². The van der Waals surface area contributed by atoms with Gasteiger partial charge in [-0.1, -0.05) is 60.7 Å². The number of ether oxygens (including phenoxy) is 1. The van der Waals surface area contributed by atoms with E-state index in [0.717, 1.165) is 11.1 Å². The first kappa shape index (κ1) is 18.5. The van der Waals surface area contributed by atoms with Crippen LogP contribution < -0.4 is 0 Å². The van der Waals surface area contributed by atoms with Crippen LogP contribution in [0.3, 0.4) is 0 Å². The van der Waals surface area contributed by atoms with Gasteiger partial charge < -0.3 is 13.8 Å². The van der Waals surface area contributed by atoms with Gasteiger partial charge in [-0.3, -0.25) is 4.57 Å². The van der Waals surface area contributed by atoms with Crippen LogP contribution in [0.1, 0.15) is 25.0 Å². The molecule has 0 saturated heterocycles. The van der Waals surface area contributed by atoms with Crippen LogP contribution in [0.4, 0.5) is 0 Å². The molecule has 0 amide bonds. The Bertz CT molecular complexity index is 673. The highest BCUT2D eigenvalue weighted by Crippen LogP contribution is 2.60. The van der Waals surface area contributed by atoms with Crippen LogP contribution in [0.15, 0.2) is 66.9 Å². The molecule has 0 N–H and O–H groups in total. The first-order valence-electron chi connectivity index (χ1n) is 8.00. The molecule has 0 radical (unpaired) electrons. The van der Waals surface area contributed by atoms with E-state index in [1.54, 1.807) is 13.8 Å². The maximum absolute atomic E-state index is 13.2. The lowest BCUT2D eigenvalue weighted by atomic mass is 10.2. The molecule has 2 aromatic rings. The second-order valence-corrected chi connectivity index (χ2v) is 6.99. The summed E-state index contributed by atoms with van der Waals surface area (Å²) >= 11 is 0. The summed E-state index contributed by atoms with van der Waals surface area (Å²) in [7, 11) is -3.44. The van der Waals surface area contributed by atoms with E-state index in [-0.39, 0.29) is 0 Å². The van der Waals surface area contributed by atoms with Gasteiger partial charge in [-0.25, -0.2) is 0 Å². The molecule has 0 aliphatic heterocycles.